The summed E-state index contributed by atoms with van der Waals surface area (Å²) in [4.78, 5) is 26.0. The third-order valence-electron chi connectivity index (χ3n) is 10.5. The topological polar surface area (TPSA) is 95.9 Å². The first-order valence-corrected chi connectivity index (χ1v) is 24.2. The summed E-state index contributed by atoms with van der Waals surface area (Å²) in [5, 5.41) is 23.6. The molecule has 0 aliphatic carbocycles. The molecule has 0 aliphatic rings. The van der Waals surface area contributed by atoms with E-state index in [1.807, 2.05) is 6.08 Å². The molecule has 0 aromatic carbocycles. The lowest BCUT2D eigenvalue weighted by atomic mass is 10.0. The number of carbonyl (C=O) groups excluding carboxylic acids is 2. The van der Waals surface area contributed by atoms with Crippen LogP contribution >= 0.6 is 0 Å². The zero-order valence-electron chi connectivity index (χ0n) is 37.9. The number of aliphatic hydroxyl groups excluding tert-OH is 2. The van der Waals surface area contributed by atoms with Gasteiger partial charge in [-0.3, -0.25) is 9.59 Å². The first-order valence-electron chi connectivity index (χ1n) is 24.2. The predicted molar refractivity (Wildman–Crippen MR) is 250 cm³/mol. The average molecular weight is 810 g/mol. The average Bonchev–Trinajstić information content (AvgIpc) is 3.22. The molecule has 0 fully saturated rings. The summed E-state index contributed by atoms with van der Waals surface area (Å²) in [6, 6.07) is -0.719. The fourth-order valence-electron chi connectivity index (χ4n) is 6.88. The highest BCUT2D eigenvalue weighted by Crippen LogP contribution is 2.17. The van der Waals surface area contributed by atoms with Gasteiger partial charge in [0.25, 0.3) is 0 Å². The maximum atomic E-state index is 13.1. The normalized spacial score (nSPS) is 13.9. The van der Waals surface area contributed by atoms with Gasteiger partial charge in [0.2, 0.25) is 5.91 Å². The summed E-state index contributed by atoms with van der Waals surface area (Å²) >= 11 is 0. The third-order valence-corrected chi connectivity index (χ3v) is 10.5. The second-order valence-corrected chi connectivity index (χ2v) is 16.1. The Morgan fingerprint density at radius 3 is 1.43 bits per heavy atom. The van der Waals surface area contributed by atoms with Crippen molar-refractivity contribution in [1.29, 1.82) is 0 Å². The molecule has 334 valence electrons. The lowest BCUT2D eigenvalue weighted by Crippen LogP contribution is -2.46. The summed E-state index contributed by atoms with van der Waals surface area (Å²) in [6.07, 6.45) is 56.8. The molecule has 58 heavy (non-hydrogen) atoms. The van der Waals surface area contributed by atoms with E-state index in [4.69, 9.17) is 4.74 Å². The van der Waals surface area contributed by atoms with E-state index in [-0.39, 0.29) is 31.3 Å². The number of carbonyl (C=O) groups is 2. The predicted octanol–water partition coefficient (Wildman–Crippen LogP) is 14.2. The smallest absolute Gasteiger partial charge is 0.306 e. The summed E-state index contributed by atoms with van der Waals surface area (Å²) in [7, 11) is 0. The lowest BCUT2D eigenvalue weighted by Gasteiger charge is -2.24. The van der Waals surface area contributed by atoms with Crippen LogP contribution in [0, 0.1) is 0 Å². The molecule has 0 heterocycles. The number of aliphatic hydroxyl groups is 2. The van der Waals surface area contributed by atoms with E-state index in [0.29, 0.717) is 19.3 Å². The molecule has 0 spiro atoms. The standard InChI is InChI=1S/C52H91NO5/c1-4-7-10-13-16-19-22-24-25-26-28-30-33-36-39-42-45-52(57)58-48(43-40-37-34-31-29-27-23-20-17-14-11-8-5-2)46-51(56)53-49(47-54)50(55)44-41-38-35-32-21-18-15-12-9-6-3/h7,10,16,19-20,23-25,28,30,36,39,48-50,54-55H,4-6,8-9,11-15,17-18,21-22,26-27,29,31-35,37-38,40-47H2,1-3H3,(H,53,56)/b10-7+,19-16+,23-20-,25-24+,30-28+,39-36+. The highest BCUT2D eigenvalue weighted by atomic mass is 16.5. The van der Waals surface area contributed by atoms with E-state index in [0.717, 1.165) is 77.0 Å². The van der Waals surface area contributed by atoms with Crippen LogP contribution in [0.4, 0.5) is 0 Å². The van der Waals surface area contributed by atoms with Gasteiger partial charge >= 0.3 is 5.97 Å². The van der Waals surface area contributed by atoms with Gasteiger partial charge in [-0.15, -0.1) is 0 Å². The number of amides is 1. The molecule has 0 aliphatic heterocycles. The molecule has 3 atom stereocenters. The number of unbranched alkanes of at least 4 members (excludes halogenated alkanes) is 18. The van der Waals surface area contributed by atoms with Crippen molar-refractivity contribution in [1.82, 2.24) is 5.32 Å². The Labute approximate surface area is 358 Å². The molecule has 3 unspecified atom stereocenters. The largest absolute Gasteiger partial charge is 0.462 e. The van der Waals surface area contributed by atoms with Gasteiger partial charge in [-0.25, -0.2) is 0 Å². The van der Waals surface area contributed by atoms with Gasteiger partial charge in [0.05, 0.1) is 25.2 Å². The number of rotatable bonds is 42. The van der Waals surface area contributed by atoms with E-state index in [1.54, 1.807) is 0 Å². The monoisotopic (exact) mass is 810 g/mol. The highest BCUT2D eigenvalue weighted by Gasteiger charge is 2.24. The summed E-state index contributed by atoms with van der Waals surface area (Å²) in [6.45, 7) is 6.31. The number of esters is 1. The summed E-state index contributed by atoms with van der Waals surface area (Å²) < 4.78 is 5.87. The van der Waals surface area contributed by atoms with E-state index in [2.05, 4.69) is 92.9 Å². The van der Waals surface area contributed by atoms with E-state index < -0.39 is 18.2 Å². The molecule has 0 aromatic heterocycles. The molecular formula is C52H91NO5. The van der Waals surface area contributed by atoms with Gasteiger partial charge < -0.3 is 20.3 Å². The van der Waals surface area contributed by atoms with Gasteiger partial charge in [0.15, 0.2) is 0 Å². The molecule has 0 saturated carbocycles. The van der Waals surface area contributed by atoms with E-state index >= 15 is 0 Å². The fourth-order valence-corrected chi connectivity index (χ4v) is 6.88. The fraction of sp³-hybridized carbons (Fsp3) is 0.731. The van der Waals surface area contributed by atoms with Gasteiger partial charge in [-0.05, 0) is 83.5 Å². The Hall–Kier alpha value is -2.70. The van der Waals surface area contributed by atoms with Gasteiger partial charge in [0, 0.05) is 6.42 Å². The first kappa shape index (κ1) is 55.3. The maximum Gasteiger partial charge on any atom is 0.306 e. The van der Waals surface area contributed by atoms with Gasteiger partial charge in [-0.2, -0.15) is 0 Å². The number of allylic oxidation sites excluding steroid dienone is 12. The minimum Gasteiger partial charge on any atom is -0.462 e. The van der Waals surface area contributed by atoms with Crippen LogP contribution in [0.15, 0.2) is 72.9 Å². The Balaban J connectivity index is 4.73. The van der Waals surface area contributed by atoms with Gasteiger partial charge in [-0.1, -0.05) is 196 Å². The van der Waals surface area contributed by atoms with Crippen molar-refractivity contribution < 1.29 is 24.5 Å². The van der Waals surface area contributed by atoms with Crippen LogP contribution < -0.4 is 5.32 Å². The Morgan fingerprint density at radius 2 is 0.931 bits per heavy atom. The van der Waals surface area contributed by atoms with Crippen LogP contribution in [0.2, 0.25) is 0 Å². The SMILES string of the molecule is CC/C=C/C/C=C/C/C=C/C/C=C/C/C=C/CCC(=O)OC(CCCCCCC/C=C\CCCCCC)CC(=O)NC(CO)C(O)CCCCCCCCCCCC. The second-order valence-electron chi connectivity index (χ2n) is 16.1. The third kappa shape index (κ3) is 40.1. The number of hydrogen-bond acceptors (Lipinski definition) is 5. The minimum atomic E-state index is -0.802. The zero-order chi connectivity index (χ0) is 42.4. The molecular weight excluding hydrogens is 719 g/mol. The van der Waals surface area contributed by atoms with Crippen LogP contribution in [0.25, 0.3) is 0 Å². The molecule has 1 amide bonds. The first-order chi connectivity index (χ1) is 28.5. The summed E-state index contributed by atoms with van der Waals surface area (Å²) in [5.74, 6) is -0.585. The highest BCUT2D eigenvalue weighted by molar-refractivity contribution is 5.77. The Bertz CT molecular complexity index is 1090. The van der Waals surface area contributed by atoms with Gasteiger partial charge in [0.1, 0.15) is 6.10 Å². The Morgan fingerprint density at radius 1 is 0.517 bits per heavy atom. The van der Waals surface area contributed by atoms with Crippen LogP contribution in [-0.2, 0) is 14.3 Å². The molecule has 3 N–H and O–H groups in total. The zero-order valence-corrected chi connectivity index (χ0v) is 37.9. The van der Waals surface area contributed by atoms with Crippen molar-refractivity contribution in [3.63, 3.8) is 0 Å². The second kappa shape index (κ2) is 45.4. The maximum absolute atomic E-state index is 13.1. The van der Waals surface area contributed by atoms with Crippen LogP contribution in [0.3, 0.4) is 0 Å². The lowest BCUT2D eigenvalue weighted by molar-refractivity contribution is -0.150. The van der Waals surface area contributed by atoms with Crippen molar-refractivity contribution >= 4 is 11.9 Å². The number of ether oxygens (including phenoxy) is 1. The van der Waals surface area contributed by atoms with Crippen LogP contribution in [0.5, 0.6) is 0 Å². The molecule has 0 saturated heterocycles. The molecule has 6 heteroatoms. The van der Waals surface area contributed by atoms with E-state index in [1.165, 1.54) is 89.9 Å². The quantitative estimate of drug-likeness (QED) is 0.0324. The van der Waals surface area contributed by atoms with Crippen molar-refractivity contribution in [2.75, 3.05) is 6.61 Å². The van der Waals surface area contributed by atoms with Crippen molar-refractivity contribution in [3.05, 3.63) is 72.9 Å². The van der Waals surface area contributed by atoms with E-state index in [9.17, 15) is 19.8 Å². The summed E-state index contributed by atoms with van der Waals surface area (Å²) in [5.41, 5.74) is 0. The van der Waals surface area contributed by atoms with Crippen LogP contribution in [0.1, 0.15) is 220 Å². The molecule has 0 aromatic rings. The molecule has 0 bridgehead atoms. The molecule has 6 nitrogen and oxygen atoms in total. The Kier molecular flexibility index (Phi) is 43.3. The number of hydrogen-bond donors (Lipinski definition) is 3. The van der Waals surface area contributed by atoms with Crippen molar-refractivity contribution in [2.45, 2.75) is 238 Å². The molecule has 0 rings (SSSR count). The minimum absolute atomic E-state index is 0.0396. The van der Waals surface area contributed by atoms with Crippen molar-refractivity contribution in [3.8, 4) is 0 Å². The van der Waals surface area contributed by atoms with Crippen molar-refractivity contribution in [2.24, 2.45) is 0 Å². The number of nitrogens with one attached hydrogen (secondary N) is 1. The molecule has 0 radical (unpaired) electrons. The van der Waals surface area contributed by atoms with Crippen LogP contribution in [-0.4, -0.2) is 46.9 Å².